The van der Waals surface area contributed by atoms with Crippen LogP contribution in [0.5, 0.6) is 0 Å². The summed E-state index contributed by atoms with van der Waals surface area (Å²) in [5.74, 6) is 1.94. The molecule has 1 aromatic rings. The van der Waals surface area contributed by atoms with E-state index >= 15 is 0 Å². The average molecular weight is 228 g/mol. The number of amides is 1. The Bertz CT molecular complexity index is 457. The summed E-state index contributed by atoms with van der Waals surface area (Å²) in [6.07, 6.45) is 3.54. The first-order valence-electron chi connectivity index (χ1n) is 5.04. The van der Waals surface area contributed by atoms with E-state index in [4.69, 9.17) is 16.4 Å². The van der Waals surface area contributed by atoms with Crippen LogP contribution in [0.1, 0.15) is 17.3 Å². The van der Waals surface area contributed by atoms with Gasteiger partial charge in [-0.1, -0.05) is 24.1 Å². The second kappa shape index (κ2) is 6.32. The molecule has 0 spiro atoms. The van der Waals surface area contributed by atoms with Gasteiger partial charge in [0.1, 0.15) is 12.2 Å². The number of carbonyl (C=O) groups excluding carboxylic acids is 1. The molecule has 1 aromatic carbocycles. The lowest BCUT2D eigenvalue weighted by Crippen LogP contribution is -2.37. The zero-order valence-corrected chi connectivity index (χ0v) is 9.38. The van der Waals surface area contributed by atoms with E-state index in [0.717, 1.165) is 0 Å². The lowest BCUT2D eigenvalue weighted by molar-refractivity contribution is 0.0377. The Morgan fingerprint density at radius 3 is 2.65 bits per heavy atom. The largest absolute Gasteiger partial charge is 0.329 e. The van der Waals surface area contributed by atoms with Gasteiger partial charge in [0.15, 0.2) is 0 Å². The van der Waals surface area contributed by atoms with Crippen molar-refractivity contribution in [3.8, 4) is 18.4 Å². The molecule has 1 amide bonds. The van der Waals surface area contributed by atoms with Gasteiger partial charge >= 0.3 is 0 Å². The van der Waals surface area contributed by atoms with Crippen LogP contribution < -0.4 is 5.32 Å². The van der Waals surface area contributed by atoms with Crippen LogP contribution in [0.15, 0.2) is 30.3 Å². The third-order valence-electron chi connectivity index (χ3n) is 1.99. The van der Waals surface area contributed by atoms with Gasteiger partial charge in [-0.05, 0) is 19.1 Å². The second-order valence-electron chi connectivity index (χ2n) is 3.29. The molecular formula is C13H12N2O2. The topological polar surface area (TPSA) is 62.1 Å². The van der Waals surface area contributed by atoms with Gasteiger partial charge in [-0.15, -0.1) is 6.42 Å². The predicted molar refractivity (Wildman–Crippen MR) is 62.7 cm³/mol. The monoisotopic (exact) mass is 228 g/mol. The zero-order chi connectivity index (χ0) is 12.7. The Labute approximate surface area is 100 Å². The van der Waals surface area contributed by atoms with Crippen molar-refractivity contribution in [2.24, 2.45) is 0 Å². The van der Waals surface area contributed by atoms with E-state index in [1.807, 2.05) is 6.07 Å². The zero-order valence-electron chi connectivity index (χ0n) is 9.38. The molecule has 0 radical (unpaired) electrons. The van der Waals surface area contributed by atoms with Crippen LogP contribution in [-0.4, -0.2) is 18.2 Å². The fraction of sp³-hybridized carbons (Fsp3) is 0.231. The van der Waals surface area contributed by atoms with Crippen molar-refractivity contribution < 1.29 is 9.53 Å². The molecule has 2 unspecified atom stereocenters. The molecule has 0 aliphatic heterocycles. The molecule has 4 heteroatoms. The minimum Gasteiger partial charge on any atom is -0.329 e. The molecule has 0 aliphatic carbocycles. The molecule has 0 aromatic heterocycles. The number of terminal acetylenes is 1. The van der Waals surface area contributed by atoms with Crippen molar-refractivity contribution in [1.29, 1.82) is 5.26 Å². The molecule has 86 valence electrons. The first-order valence-corrected chi connectivity index (χ1v) is 5.04. The molecule has 2 atom stereocenters. The Morgan fingerprint density at radius 2 is 2.12 bits per heavy atom. The number of rotatable bonds is 4. The van der Waals surface area contributed by atoms with Gasteiger partial charge in [0, 0.05) is 5.56 Å². The molecule has 1 N–H and O–H groups in total. The van der Waals surface area contributed by atoms with E-state index in [2.05, 4.69) is 11.2 Å². The molecule has 4 nitrogen and oxygen atoms in total. The molecule has 0 saturated heterocycles. The third-order valence-corrected chi connectivity index (χ3v) is 1.99. The van der Waals surface area contributed by atoms with Gasteiger partial charge < -0.3 is 10.1 Å². The van der Waals surface area contributed by atoms with Gasteiger partial charge in [-0.3, -0.25) is 4.79 Å². The molecular weight excluding hydrogens is 216 g/mol. The second-order valence-corrected chi connectivity index (χ2v) is 3.29. The van der Waals surface area contributed by atoms with Gasteiger partial charge in [0.25, 0.3) is 5.91 Å². The van der Waals surface area contributed by atoms with Gasteiger partial charge in [-0.25, -0.2) is 0 Å². The molecule has 0 aliphatic rings. The number of nitrogens with zero attached hydrogens (tertiary/aromatic N) is 1. The molecule has 0 saturated carbocycles. The number of ether oxygens (including phenoxy) is 1. The highest BCUT2D eigenvalue weighted by atomic mass is 16.5. The fourth-order valence-electron chi connectivity index (χ4n) is 1.13. The lowest BCUT2D eigenvalue weighted by atomic mass is 10.2. The predicted octanol–water partition coefficient (Wildman–Crippen LogP) is 1.30. The average Bonchev–Trinajstić information content (AvgIpc) is 2.38. The number of nitriles is 1. The number of nitrogens with one attached hydrogen (secondary N) is 1. The number of hydrogen-bond donors (Lipinski definition) is 1. The van der Waals surface area contributed by atoms with Crippen molar-refractivity contribution in [3.05, 3.63) is 35.9 Å². The van der Waals surface area contributed by atoms with E-state index in [9.17, 15) is 4.79 Å². The number of hydrogen-bond acceptors (Lipinski definition) is 3. The van der Waals surface area contributed by atoms with Crippen LogP contribution in [0.2, 0.25) is 0 Å². The first-order chi connectivity index (χ1) is 8.17. The summed E-state index contributed by atoms with van der Waals surface area (Å²) < 4.78 is 5.11. The van der Waals surface area contributed by atoms with Crippen molar-refractivity contribution in [2.75, 3.05) is 0 Å². The van der Waals surface area contributed by atoms with Crippen LogP contribution in [0.25, 0.3) is 0 Å². The summed E-state index contributed by atoms with van der Waals surface area (Å²) in [6.45, 7) is 1.62. The van der Waals surface area contributed by atoms with Crippen LogP contribution in [-0.2, 0) is 4.74 Å². The van der Waals surface area contributed by atoms with Gasteiger partial charge in [0.2, 0.25) is 6.23 Å². The Morgan fingerprint density at radius 1 is 1.47 bits per heavy atom. The Hall–Kier alpha value is -2.30. The fourth-order valence-corrected chi connectivity index (χ4v) is 1.13. The van der Waals surface area contributed by atoms with Crippen molar-refractivity contribution in [3.63, 3.8) is 0 Å². The van der Waals surface area contributed by atoms with Crippen LogP contribution in [0.4, 0.5) is 0 Å². The first kappa shape index (κ1) is 12.8. The molecule has 17 heavy (non-hydrogen) atoms. The van der Waals surface area contributed by atoms with E-state index < -0.39 is 12.3 Å². The van der Waals surface area contributed by atoms with Crippen molar-refractivity contribution in [1.82, 2.24) is 5.32 Å². The van der Waals surface area contributed by atoms with E-state index in [1.54, 1.807) is 37.3 Å². The maximum Gasteiger partial charge on any atom is 0.254 e. The summed E-state index contributed by atoms with van der Waals surface area (Å²) in [7, 11) is 0. The normalized spacial score (nSPS) is 12.9. The van der Waals surface area contributed by atoms with Gasteiger partial charge in [0.05, 0.1) is 0 Å². The highest BCUT2D eigenvalue weighted by molar-refractivity contribution is 5.94. The lowest BCUT2D eigenvalue weighted by Gasteiger charge is -2.14. The summed E-state index contributed by atoms with van der Waals surface area (Å²) in [4.78, 5) is 11.7. The maximum absolute atomic E-state index is 11.7. The van der Waals surface area contributed by atoms with Crippen molar-refractivity contribution >= 4 is 5.91 Å². The molecule has 1 rings (SSSR count). The van der Waals surface area contributed by atoms with Crippen LogP contribution in [0.3, 0.4) is 0 Å². The molecule has 0 heterocycles. The Balaban J connectivity index is 2.62. The summed E-state index contributed by atoms with van der Waals surface area (Å²) in [5.41, 5.74) is 0.463. The maximum atomic E-state index is 11.7. The minimum absolute atomic E-state index is 0.374. The summed E-state index contributed by atoms with van der Waals surface area (Å²) in [5, 5.41) is 11.2. The van der Waals surface area contributed by atoms with Gasteiger partial charge in [-0.2, -0.15) is 5.26 Å². The van der Waals surface area contributed by atoms with Crippen LogP contribution >= 0.6 is 0 Å². The molecule has 0 bridgehead atoms. The van der Waals surface area contributed by atoms with E-state index in [0.29, 0.717) is 5.56 Å². The van der Waals surface area contributed by atoms with Crippen molar-refractivity contribution in [2.45, 2.75) is 19.3 Å². The van der Waals surface area contributed by atoms with Crippen LogP contribution in [0, 0.1) is 23.7 Å². The standard InChI is InChI=1S/C13H12N2O2/c1-3-10(2)17-12(9-14)15-13(16)11-7-5-4-6-8-11/h1,4-8,10,12H,2H3,(H,15,16). The van der Waals surface area contributed by atoms with E-state index in [1.165, 1.54) is 0 Å². The third kappa shape index (κ3) is 3.98. The SMILES string of the molecule is C#CC(C)OC(C#N)NC(=O)c1ccccc1. The summed E-state index contributed by atoms with van der Waals surface area (Å²) >= 11 is 0. The quantitative estimate of drug-likeness (QED) is 0.624. The minimum atomic E-state index is -1.05. The molecule has 0 fully saturated rings. The summed E-state index contributed by atoms with van der Waals surface area (Å²) in [6, 6.07) is 10.4. The Kier molecular flexibility index (Phi) is 4.75. The number of benzene rings is 1. The smallest absolute Gasteiger partial charge is 0.254 e. The highest BCUT2D eigenvalue weighted by Crippen LogP contribution is 2.00. The number of carbonyl (C=O) groups is 1. The highest BCUT2D eigenvalue weighted by Gasteiger charge is 2.14. The van der Waals surface area contributed by atoms with E-state index in [-0.39, 0.29) is 5.91 Å².